The molecule has 1 fully saturated rings. The highest BCUT2D eigenvalue weighted by Crippen LogP contribution is 2.39. The van der Waals surface area contributed by atoms with Crippen LogP contribution in [0.5, 0.6) is 0 Å². The highest BCUT2D eigenvalue weighted by atomic mass is 19.1. The number of carbonyl (C=O) groups excluding carboxylic acids is 1. The molecule has 18 heavy (non-hydrogen) atoms. The molecular formula is C14H18FNO2. The zero-order valence-corrected chi connectivity index (χ0v) is 10.7. The Kier molecular flexibility index (Phi) is 3.55. The number of rotatable bonds is 3. The van der Waals surface area contributed by atoms with E-state index in [4.69, 9.17) is 4.74 Å². The van der Waals surface area contributed by atoms with Gasteiger partial charge in [0.25, 0.3) is 0 Å². The van der Waals surface area contributed by atoms with E-state index in [2.05, 4.69) is 5.32 Å². The number of esters is 1. The Morgan fingerprint density at radius 3 is 2.89 bits per heavy atom. The standard InChI is InChI=1S/C14H18FNO2/c1-10-5-4-8-14(10,13(17)18-2)16-12-7-3-6-11(15)9-12/h3,6-7,9-10,16H,4-5,8H2,1-2H3. The molecule has 98 valence electrons. The van der Waals surface area contributed by atoms with Crippen LogP contribution >= 0.6 is 0 Å². The molecule has 1 aliphatic rings. The Morgan fingerprint density at radius 2 is 2.33 bits per heavy atom. The maximum Gasteiger partial charge on any atom is 0.331 e. The minimum atomic E-state index is -0.720. The van der Waals surface area contributed by atoms with Gasteiger partial charge in [0.15, 0.2) is 0 Å². The quantitative estimate of drug-likeness (QED) is 0.839. The molecule has 0 radical (unpaired) electrons. The highest BCUT2D eigenvalue weighted by Gasteiger charge is 2.47. The zero-order chi connectivity index (χ0) is 13.2. The molecule has 0 amide bonds. The number of anilines is 1. The fourth-order valence-corrected chi connectivity index (χ4v) is 2.73. The van der Waals surface area contributed by atoms with Crippen LogP contribution in [-0.4, -0.2) is 18.6 Å². The van der Waals surface area contributed by atoms with Gasteiger partial charge in [0.1, 0.15) is 11.4 Å². The second-order valence-corrected chi connectivity index (χ2v) is 4.89. The number of nitrogens with one attached hydrogen (secondary N) is 1. The lowest BCUT2D eigenvalue weighted by Crippen LogP contribution is -2.49. The van der Waals surface area contributed by atoms with Crippen molar-refractivity contribution in [1.82, 2.24) is 0 Å². The summed E-state index contributed by atoms with van der Waals surface area (Å²) in [4.78, 5) is 12.1. The van der Waals surface area contributed by atoms with E-state index in [0.29, 0.717) is 5.69 Å². The van der Waals surface area contributed by atoms with E-state index in [1.807, 2.05) is 6.92 Å². The summed E-state index contributed by atoms with van der Waals surface area (Å²) in [6.45, 7) is 2.02. The summed E-state index contributed by atoms with van der Waals surface area (Å²) >= 11 is 0. The average Bonchev–Trinajstić information content (AvgIpc) is 2.71. The predicted octanol–water partition coefficient (Wildman–Crippen LogP) is 2.97. The molecule has 2 unspecified atom stereocenters. The fourth-order valence-electron chi connectivity index (χ4n) is 2.73. The van der Waals surface area contributed by atoms with Crippen molar-refractivity contribution in [3.05, 3.63) is 30.1 Å². The molecule has 3 nitrogen and oxygen atoms in total. The first-order valence-electron chi connectivity index (χ1n) is 6.20. The van der Waals surface area contributed by atoms with Crippen molar-refractivity contribution < 1.29 is 13.9 Å². The summed E-state index contributed by atoms with van der Waals surface area (Å²) in [6.07, 6.45) is 2.66. The van der Waals surface area contributed by atoms with E-state index >= 15 is 0 Å². The van der Waals surface area contributed by atoms with Crippen LogP contribution in [0.2, 0.25) is 0 Å². The molecule has 1 aromatic carbocycles. The SMILES string of the molecule is COC(=O)C1(Nc2cccc(F)c2)CCCC1C. The van der Waals surface area contributed by atoms with E-state index in [0.717, 1.165) is 19.3 Å². The van der Waals surface area contributed by atoms with Crippen molar-refractivity contribution in [2.75, 3.05) is 12.4 Å². The van der Waals surface area contributed by atoms with E-state index in [1.54, 1.807) is 12.1 Å². The van der Waals surface area contributed by atoms with Gasteiger partial charge in [-0.25, -0.2) is 9.18 Å². The highest BCUT2D eigenvalue weighted by molar-refractivity contribution is 5.85. The van der Waals surface area contributed by atoms with Crippen LogP contribution in [0.1, 0.15) is 26.2 Å². The summed E-state index contributed by atoms with van der Waals surface area (Å²) in [5.74, 6) is -0.407. The van der Waals surface area contributed by atoms with Gasteiger partial charge in [-0.1, -0.05) is 19.4 Å². The lowest BCUT2D eigenvalue weighted by atomic mass is 9.88. The predicted molar refractivity (Wildman–Crippen MR) is 67.8 cm³/mol. The van der Waals surface area contributed by atoms with Crippen LogP contribution < -0.4 is 5.32 Å². The fraction of sp³-hybridized carbons (Fsp3) is 0.500. The summed E-state index contributed by atoms with van der Waals surface area (Å²) in [5.41, 5.74) is -0.100. The van der Waals surface area contributed by atoms with Crippen LogP contribution in [0.25, 0.3) is 0 Å². The second-order valence-electron chi connectivity index (χ2n) is 4.89. The number of hydrogen-bond acceptors (Lipinski definition) is 3. The van der Waals surface area contributed by atoms with Crippen molar-refractivity contribution in [3.8, 4) is 0 Å². The molecule has 0 aliphatic heterocycles. The lowest BCUT2D eigenvalue weighted by molar-refractivity contribution is -0.147. The van der Waals surface area contributed by atoms with Crippen LogP contribution in [-0.2, 0) is 9.53 Å². The average molecular weight is 251 g/mol. The molecule has 2 atom stereocenters. The van der Waals surface area contributed by atoms with Crippen molar-refractivity contribution in [2.24, 2.45) is 5.92 Å². The molecule has 1 N–H and O–H groups in total. The smallest absolute Gasteiger partial charge is 0.331 e. The molecule has 0 aromatic heterocycles. The number of hydrogen-bond donors (Lipinski definition) is 1. The number of ether oxygens (including phenoxy) is 1. The normalized spacial score (nSPS) is 26.9. The van der Waals surface area contributed by atoms with Gasteiger partial charge < -0.3 is 10.1 Å². The van der Waals surface area contributed by atoms with Crippen LogP contribution in [0, 0.1) is 11.7 Å². The summed E-state index contributed by atoms with van der Waals surface area (Å²) in [6, 6.07) is 6.17. The first-order valence-corrected chi connectivity index (χ1v) is 6.20. The number of benzene rings is 1. The van der Waals surface area contributed by atoms with Crippen molar-refractivity contribution in [1.29, 1.82) is 0 Å². The van der Waals surface area contributed by atoms with Gasteiger partial charge in [0.2, 0.25) is 0 Å². The minimum Gasteiger partial charge on any atom is -0.467 e. The minimum absolute atomic E-state index is 0.174. The topological polar surface area (TPSA) is 38.3 Å². The molecule has 0 bridgehead atoms. The van der Waals surface area contributed by atoms with Gasteiger partial charge in [0.05, 0.1) is 7.11 Å². The Balaban J connectivity index is 2.29. The number of halogens is 1. The maximum atomic E-state index is 13.2. The van der Waals surface area contributed by atoms with Gasteiger partial charge in [-0.15, -0.1) is 0 Å². The third-order valence-corrected chi connectivity index (χ3v) is 3.79. The van der Waals surface area contributed by atoms with E-state index in [9.17, 15) is 9.18 Å². The van der Waals surface area contributed by atoms with E-state index in [-0.39, 0.29) is 17.7 Å². The van der Waals surface area contributed by atoms with Gasteiger partial charge in [0, 0.05) is 5.69 Å². The molecule has 2 rings (SSSR count). The van der Waals surface area contributed by atoms with Crippen LogP contribution in [0.3, 0.4) is 0 Å². The third-order valence-electron chi connectivity index (χ3n) is 3.79. The van der Waals surface area contributed by atoms with E-state index < -0.39 is 5.54 Å². The Morgan fingerprint density at radius 1 is 1.56 bits per heavy atom. The van der Waals surface area contributed by atoms with Crippen molar-refractivity contribution in [2.45, 2.75) is 31.7 Å². The van der Waals surface area contributed by atoms with Gasteiger partial charge in [-0.2, -0.15) is 0 Å². The second kappa shape index (κ2) is 4.96. The largest absolute Gasteiger partial charge is 0.467 e. The zero-order valence-electron chi connectivity index (χ0n) is 10.7. The Hall–Kier alpha value is -1.58. The van der Waals surface area contributed by atoms with Crippen molar-refractivity contribution in [3.63, 3.8) is 0 Å². The van der Waals surface area contributed by atoms with Crippen LogP contribution in [0.4, 0.5) is 10.1 Å². The Labute approximate surface area is 106 Å². The summed E-state index contributed by atoms with van der Waals surface area (Å²) in [7, 11) is 1.39. The molecule has 1 saturated carbocycles. The lowest BCUT2D eigenvalue weighted by Gasteiger charge is -2.32. The molecule has 1 aliphatic carbocycles. The van der Waals surface area contributed by atoms with Gasteiger partial charge in [-0.3, -0.25) is 0 Å². The Bertz CT molecular complexity index is 449. The maximum absolute atomic E-state index is 13.2. The molecule has 0 spiro atoms. The first kappa shape index (κ1) is 12.9. The van der Waals surface area contributed by atoms with Crippen LogP contribution in [0.15, 0.2) is 24.3 Å². The van der Waals surface area contributed by atoms with E-state index in [1.165, 1.54) is 19.2 Å². The first-order chi connectivity index (χ1) is 8.58. The summed E-state index contributed by atoms with van der Waals surface area (Å²) in [5, 5.41) is 3.18. The summed E-state index contributed by atoms with van der Waals surface area (Å²) < 4.78 is 18.1. The third kappa shape index (κ3) is 2.19. The molecule has 0 heterocycles. The molecular weight excluding hydrogens is 233 g/mol. The molecule has 4 heteroatoms. The molecule has 1 aromatic rings. The van der Waals surface area contributed by atoms with Gasteiger partial charge >= 0.3 is 5.97 Å². The van der Waals surface area contributed by atoms with Gasteiger partial charge in [-0.05, 0) is 37.0 Å². The molecule has 0 saturated heterocycles. The van der Waals surface area contributed by atoms with Crippen molar-refractivity contribution >= 4 is 11.7 Å². The number of methoxy groups -OCH3 is 1. The monoisotopic (exact) mass is 251 g/mol. The number of carbonyl (C=O) groups is 1.